The molecule has 12 aromatic rings. The zero-order valence-electron chi connectivity index (χ0n) is 31.2. The number of benzene rings is 9. The third-order valence-electron chi connectivity index (χ3n) is 11.5. The summed E-state index contributed by atoms with van der Waals surface area (Å²) in [7, 11) is 0. The van der Waals surface area contributed by atoms with Gasteiger partial charge in [-0.05, 0) is 101 Å². The number of rotatable bonds is 6. The van der Waals surface area contributed by atoms with Crippen LogP contribution in [0.5, 0.6) is 0 Å². The van der Waals surface area contributed by atoms with Crippen LogP contribution in [0.2, 0.25) is 0 Å². The Hall–Kier alpha value is -7.40. The van der Waals surface area contributed by atoms with Gasteiger partial charge in [0.15, 0.2) is 0 Å². The quantitative estimate of drug-likeness (QED) is 0.169. The molecule has 0 N–H and O–H groups in total. The summed E-state index contributed by atoms with van der Waals surface area (Å²) in [6.07, 6.45) is 0. The Balaban J connectivity index is 1.15. The zero-order valence-corrected chi connectivity index (χ0v) is 32.0. The van der Waals surface area contributed by atoms with Crippen molar-refractivity contribution in [3.8, 4) is 33.4 Å². The van der Waals surface area contributed by atoms with Crippen LogP contribution in [0.3, 0.4) is 0 Å². The average molecular weight is 760 g/mol. The summed E-state index contributed by atoms with van der Waals surface area (Å²) in [6, 6.07) is 71.3. The van der Waals surface area contributed by atoms with Crippen molar-refractivity contribution in [1.82, 2.24) is 0 Å². The van der Waals surface area contributed by atoms with E-state index < -0.39 is 0 Å². The second-order valence-electron chi connectivity index (χ2n) is 14.8. The fourth-order valence-corrected chi connectivity index (χ4v) is 9.89. The largest absolute Gasteiger partial charge is 0.456 e. The van der Waals surface area contributed by atoms with Gasteiger partial charge in [0.2, 0.25) is 0 Å². The first kappa shape index (κ1) is 32.8. The van der Waals surface area contributed by atoms with E-state index in [4.69, 9.17) is 8.83 Å². The Morgan fingerprint density at radius 2 is 0.966 bits per heavy atom. The maximum atomic E-state index is 7.03. The summed E-state index contributed by atoms with van der Waals surface area (Å²) >= 11 is 1.84. The zero-order chi connectivity index (χ0) is 38.2. The molecule has 12 rings (SSSR count). The topological polar surface area (TPSA) is 29.5 Å². The van der Waals surface area contributed by atoms with E-state index in [2.05, 4.69) is 199 Å². The summed E-state index contributed by atoms with van der Waals surface area (Å²) < 4.78 is 16.1. The molecule has 0 spiro atoms. The minimum atomic E-state index is 0.852. The van der Waals surface area contributed by atoms with E-state index in [1.807, 2.05) is 17.4 Å². The smallest absolute Gasteiger partial charge is 0.145 e. The van der Waals surface area contributed by atoms with Gasteiger partial charge in [-0.25, -0.2) is 0 Å². The van der Waals surface area contributed by atoms with Gasteiger partial charge in [0, 0.05) is 47.6 Å². The van der Waals surface area contributed by atoms with Crippen LogP contribution < -0.4 is 4.90 Å². The minimum Gasteiger partial charge on any atom is -0.456 e. The minimum absolute atomic E-state index is 0.852. The Bertz CT molecular complexity index is 3510. The molecule has 3 nitrogen and oxygen atoms in total. The molecule has 0 saturated heterocycles. The molecule has 3 heterocycles. The van der Waals surface area contributed by atoms with Gasteiger partial charge in [0.1, 0.15) is 22.3 Å². The number of furan rings is 2. The lowest BCUT2D eigenvalue weighted by molar-refractivity contribution is 0.669. The number of thiophene rings is 1. The van der Waals surface area contributed by atoms with Gasteiger partial charge in [-0.15, -0.1) is 11.3 Å². The highest BCUT2D eigenvalue weighted by molar-refractivity contribution is 7.26. The van der Waals surface area contributed by atoms with E-state index in [1.165, 1.54) is 25.7 Å². The van der Waals surface area contributed by atoms with Crippen molar-refractivity contribution < 1.29 is 8.83 Å². The molecule has 0 atom stereocenters. The van der Waals surface area contributed by atoms with E-state index in [0.29, 0.717) is 0 Å². The number of fused-ring (bicyclic) bond motifs is 9. The van der Waals surface area contributed by atoms with Gasteiger partial charge in [0.05, 0.1) is 16.8 Å². The number of anilines is 3. The van der Waals surface area contributed by atoms with E-state index >= 15 is 0 Å². The SMILES string of the molecule is c1ccc(-c2ccc3c(c2)oc2ccc(N(c4cccc5sc6ccccc6c45)c4ccc(-c5ccccc5)c5oc6cc(-c7ccccc7)ccc6c45)cc23)cc1. The van der Waals surface area contributed by atoms with Gasteiger partial charge in [-0.1, -0.05) is 127 Å². The molecular formula is C54H33NO2S. The molecule has 3 aromatic heterocycles. The summed E-state index contributed by atoms with van der Waals surface area (Å²) in [5.74, 6) is 0. The average Bonchev–Trinajstić information content (AvgIpc) is 3.98. The monoisotopic (exact) mass is 759 g/mol. The van der Waals surface area contributed by atoms with Gasteiger partial charge in [-0.3, -0.25) is 0 Å². The van der Waals surface area contributed by atoms with Crippen LogP contribution in [0.1, 0.15) is 0 Å². The summed E-state index contributed by atoms with van der Waals surface area (Å²) in [5.41, 5.74) is 13.4. The standard InChI is InChI=1S/C54H33NO2S/c1-4-13-34(14-5-1)37-23-26-41-44-33-39(25-30-47(44)56-48(41)31-37)55(45-20-12-22-51-52(45)43-19-10-11-21-50(43)58-51)46-29-28-40(36-17-8-3-9-18-36)54-53(46)42-27-24-38(32-49(42)57-54)35-15-6-2-7-16-35/h1-33H. The molecule has 0 amide bonds. The number of hydrogen-bond donors (Lipinski definition) is 0. The molecule has 0 radical (unpaired) electrons. The summed E-state index contributed by atoms with van der Waals surface area (Å²) in [5, 5.41) is 6.76. The molecule has 272 valence electrons. The van der Waals surface area contributed by atoms with Gasteiger partial charge in [-0.2, -0.15) is 0 Å². The maximum Gasteiger partial charge on any atom is 0.145 e. The maximum absolute atomic E-state index is 7.03. The van der Waals surface area contributed by atoms with Crippen molar-refractivity contribution in [2.45, 2.75) is 0 Å². The Morgan fingerprint density at radius 3 is 1.71 bits per heavy atom. The van der Waals surface area contributed by atoms with Crippen LogP contribution >= 0.6 is 11.3 Å². The Kier molecular flexibility index (Phi) is 7.40. The van der Waals surface area contributed by atoms with E-state index in [1.54, 1.807) is 0 Å². The van der Waals surface area contributed by atoms with E-state index in [-0.39, 0.29) is 0 Å². The normalized spacial score (nSPS) is 11.8. The lowest BCUT2D eigenvalue weighted by Gasteiger charge is -2.27. The molecule has 4 heteroatoms. The first-order valence-electron chi connectivity index (χ1n) is 19.6. The lowest BCUT2D eigenvalue weighted by atomic mass is 9.98. The molecule has 0 saturated carbocycles. The fraction of sp³-hybridized carbons (Fsp3) is 0. The molecular weight excluding hydrogens is 727 g/mol. The summed E-state index contributed by atoms with van der Waals surface area (Å²) in [4.78, 5) is 2.44. The molecule has 0 aliphatic heterocycles. The molecule has 0 fully saturated rings. The molecule has 0 aliphatic carbocycles. The predicted octanol–water partition coefficient (Wildman–Crippen LogP) is 16.3. The van der Waals surface area contributed by atoms with Crippen LogP contribution in [0.25, 0.3) is 97.4 Å². The van der Waals surface area contributed by atoms with Crippen LogP contribution in [-0.4, -0.2) is 0 Å². The van der Waals surface area contributed by atoms with Crippen molar-refractivity contribution in [2.75, 3.05) is 4.90 Å². The highest BCUT2D eigenvalue weighted by Crippen LogP contribution is 2.50. The van der Waals surface area contributed by atoms with Crippen molar-refractivity contribution in [3.05, 3.63) is 200 Å². The third-order valence-corrected chi connectivity index (χ3v) is 12.6. The fourth-order valence-electron chi connectivity index (χ4n) is 8.77. The first-order valence-corrected chi connectivity index (χ1v) is 20.4. The van der Waals surface area contributed by atoms with Crippen molar-refractivity contribution in [2.24, 2.45) is 0 Å². The highest BCUT2D eigenvalue weighted by Gasteiger charge is 2.25. The molecule has 0 bridgehead atoms. The highest BCUT2D eigenvalue weighted by atomic mass is 32.1. The molecule has 0 unspecified atom stereocenters. The second kappa shape index (κ2) is 13.1. The number of nitrogens with zero attached hydrogens (tertiary/aromatic N) is 1. The van der Waals surface area contributed by atoms with Gasteiger partial charge < -0.3 is 13.7 Å². The summed E-state index contributed by atoms with van der Waals surface area (Å²) in [6.45, 7) is 0. The molecule has 58 heavy (non-hydrogen) atoms. The molecule has 0 aliphatic rings. The van der Waals surface area contributed by atoms with Gasteiger partial charge in [0.25, 0.3) is 0 Å². The van der Waals surface area contributed by atoms with E-state index in [0.717, 1.165) is 88.8 Å². The van der Waals surface area contributed by atoms with Crippen molar-refractivity contribution in [3.63, 3.8) is 0 Å². The van der Waals surface area contributed by atoms with Crippen LogP contribution in [-0.2, 0) is 0 Å². The Morgan fingerprint density at radius 1 is 0.345 bits per heavy atom. The van der Waals surface area contributed by atoms with Crippen LogP contribution in [0, 0.1) is 0 Å². The van der Waals surface area contributed by atoms with Gasteiger partial charge >= 0.3 is 0 Å². The lowest BCUT2D eigenvalue weighted by Crippen LogP contribution is -2.11. The van der Waals surface area contributed by atoms with Crippen molar-refractivity contribution >= 4 is 92.4 Å². The van der Waals surface area contributed by atoms with Crippen molar-refractivity contribution in [1.29, 1.82) is 0 Å². The second-order valence-corrected chi connectivity index (χ2v) is 15.9. The van der Waals surface area contributed by atoms with Crippen LogP contribution in [0.4, 0.5) is 17.1 Å². The number of hydrogen-bond acceptors (Lipinski definition) is 4. The predicted molar refractivity (Wildman–Crippen MR) is 245 cm³/mol. The Labute approximate surface area is 338 Å². The van der Waals surface area contributed by atoms with Crippen LogP contribution in [0.15, 0.2) is 209 Å². The first-order chi connectivity index (χ1) is 28.7. The van der Waals surface area contributed by atoms with E-state index in [9.17, 15) is 0 Å². The third kappa shape index (κ3) is 5.19. The molecule has 9 aromatic carbocycles.